The molecule has 3 rings (SSSR count). The molecule has 1 saturated heterocycles. The molecule has 24 heavy (non-hydrogen) atoms. The van der Waals surface area contributed by atoms with E-state index in [1.54, 1.807) is 24.3 Å². The summed E-state index contributed by atoms with van der Waals surface area (Å²) >= 11 is 6.09. The zero-order valence-corrected chi connectivity index (χ0v) is 14.2. The van der Waals surface area contributed by atoms with Crippen LogP contribution in [-0.2, 0) is 11.2 Å². The third kappa shape index (κ3) is 4.06. The topological polar surface area (TPSA) is 32.3 Å². The fraction of sp³-hybridized carbons (Fsp3) is 0.316. The summed E-state index contributed by atoms with van der Waals surface area (Å²) < 4.78 is 13.7. The van der Waals surface area contributed by atoms with Gasteiger partial charge >= 0.3 is 0 Å². The number of rotatable bonds is 4. The molecule has 0 atom stereocenters. The number of halogens is 2. The van der Waals surface area contributed by atoms with Gasteiger partial charge < -0.3 is 10.2 Å². The van der Waals surface area contributed by atoms with Crippen LogP contribution in [0.1, 0.15) is 24.8 Å². The molecule has 0 spiro atoms. The van der Waals surface area contributed by atoms with Gasteiger partial charge in [-0.1, -0.05) is 29.8 Å². The summed E-state index contributed by atoms with van der Waals surface area (Å²) in [6.07, 6.45) is 3.52. The van der Waals surface area contributed by atoms with Crippen LogP contribution in [0, 0.1) is 5.82 Å². The quantitative estimate of drug-likeness (QED) is 0.873. The standard InChI is InChI=1S/C19H20ClFN2O/c20-15-8-9-18(23-10-4-1-5-11-23)17(13-15)22-19(24)12-14-6-2-3-7-16(14)21/h2-3,6-9,13H,1,4-5,10-12H2,(H,22,24). The molecule has 1 aliphatic rings. The first-order valence-electron chi connectivity index (χ1n) is 8.21. The molecular weight excluding hydrogens is 327 g/mol. The van der Waals surface area contributed by atoms with Gasteiger partial charge in [-0.25, -0.2) is 4.39 Å². The Kier molecular flexibility index (Phi) is 5.36. The molecule has 1 N–H and O–H groups in total. The SMILES string of the molecule is O=C(Cc1ccccc1F)Nc1cc(Cl)ccc1N1CCCCC1. The maximum atomic E-state index is 13.7. The van der Waals surface area contributed by atoms with E-state index in [9.17, 15) is 9.18 Å². The number of carbonyl (C=O) groups excluding carboxylic acids is 1. The van der Waals surface area contributed by atoms with Crippen LogP contribution in [0.3, 0.4) is 0 Å². The second-order valence-electron chi connectivity index (χ2n) is 6.03. The molecule has 0 bridgehead atoms. The Morgan fingerprint density at radius 3 is 2.62 bits per heavy atom. The minimum atomic E-state index is -0.366. The largest absolute Gasteiger partial charge is 0.370 e. The summed E-state index contributed by atoms with van der Waals surface area (Å²) in [4.78, 5) is 14.6. The van der Waals surface area contributed by atoms with E-state index in [2.05, 4.69) is 10.2 Å². The van der Waals surface area contributed by atoms with Crippen molar-refractivity contribution in [2.24, 2.45) is 0 Å². The van der Waals surface area contributed by atoms with Crippen LogP contribution in [0.4, 0.5) is 15.8 Å². The van der Waals surface area contributed by atoms with E-state index in [0.29, 0.717) is 16.3 Å². The second kappa shape index (κ2) is 7.67. The van der Waals surface area contributed by atoms with Gasteiger partial charge in [0.2, 0.25) is 5.91 Å². The molecule has 126 valence electrons. The van der Waals surface area contributed by atoms with Gasteiger partial charge in [0.1, 0.15) is 5.82 Å². The fourth-order valence-corrected chi connectivity index (χ4v) is 3.20. The molecule has 5 heteroatoms. The van der Waals surface area contributed by atoms with E-state index in [1.165, 1.54) is 12.5 Å². The molecule has 0 aromatic heterocycles. The number of nitrogens with one attached hydrogen (secondary N) is 1. The number of nitrogens with zero attached hydrogens (tertiary/aromatic N) is 1. The molecule has 1 fully saturated rings. The molecule has 0 radical (unpaired) electrons. The number of hydrogen-bond donors (Lipinski definition) is 1. The highest BCUT2D eigenvalue weighted by Gasteiger charge is 2.17. The van der Waals surface area contributed by atoms with E-state index in [0.717, 1.165) is 31.6 Å². The van der Waals surface area contributed by atoms with Crippen molar-refractivity contribution in [3.05, 3.63) is 58.9 Å². The average molecular weight is 347 g/mol. The number of anilines is 2. The summed E-state index contributed by atoms with van der Waals surface area (Å²) in [5.41, 5.74) is 2.04. The fourth-order valence-electron chi connectivity index (χ4n) is 3.03. The minimum absolute atomic E-state index is 0.00136. The lowest BCUT2D eigenvalue weighted by molar-refractivity contribution is -0.115. The van der Waals surface area contributed by atoms with Crippen LogP contribution < -0.4 is 10.2 Å². The normalized spacial score (nSPS) is 14.5. The first-order valence-corrected chi connectivity index (χ1v) is 8.59. The van der Waals surface area contributed by atoms with E-state index in [4.69, 9.17) is 11.6 Å². The van der Waals surface area contributed by atoms with Crippen LogP contribution in [0.2, 0.25) is 5.02 Å². The summed E-state index contributed by atoms with van der Waals surface area (Å²) in [5, 5.41) is 3.46. The molecule has 1 aliphatic heterocycles. The molecule has 0 aliphatic carbocycles. The first kappa shape index (κ1) is 16.8. The van der Waals surface area contributed by atoms with Crippen molar-refractivity contribution in [3.63, 3.8) is 0 Å². The lowest BCUT2D eigenvalue weighted by atomic mass is 10.1. The Morgan fingerprint density at radius 1 is 1.12 bits per heavy atom. The third-order valence-electron chi connectivity index (χ3n) is 4.24. The van der Waals surface area contributed by atoms with Gasteiger partial charge in [-0.2, -0.15) is 0 Å². The van der Waals surface area contributed by atoms with Crippen LogP contribution in [0.5, 0.6) is 0 Å². The summed E-state index contributed by atoms with van der Waals surface area (Å²) in [5.74, 6) is -0.615. The lowest BCUT2D eigenvalue weighted by Gasteiger charge is -2.30. The average Bonchev–Trinajstić information content (AvgIpc) is 2.58. The predicted molar refractivity (Wildman–Crippen MR) is 96.2 cm³/mol. The Labute approximate surface area is 146 Å². The number of piperidine rings is 1. The Bertz CT molecular complexity index is 729. The monoisotopic (exact) mass is 346 g/mol. The van der Waals surface area contributed by atoms with Crippen molar-refractivity contribution in [2.45, 2.75) is 25.7 Å². The van der Waals surface area contributed by atoms with Gasteiger partial charge in [0.25, 0.3) is 0 Å². The molecule has 0 saturated carbocycles. The zero-order chi connectivity index (χ0) is 16.9. The van der Waals surface area contributed by atoms with Crippen molar-refractivity contribution in [2.75, 3.05) is 23.3 Å². The van der Waals surface area contributed by atoms with Crippen LogP contribution >= 0.6 is 11.6 Å². The highest BCUT2D eigenvalue weighted by Crippen LogP contribution is 2.31. The van der Waals surface area contributed by atoms with Gasteiger partial charge in [0.05, 0.1) is 17.8 Å². The number of hydrogen-bond acceptors (Lipinski definition) is 2. The molecule has 3 nitrogen and oxygen atoms in total. The van der Waals surface area contributed by atoms with Gasteiger partial charge in [-0.05, 0) is 49.1 Å². The zero-order valence-electron chi connectivity index (χ0n) is 13.4. The molecule has 0 unspecified atom stereocenters. The van der Waals surface area contributed by atoms with Gasteiger partial charge in [-0.3, -0.25) is 4.79 Å². The highest BCUT2D eigenvalue weighted by atomic mass is 35.5. The second-order valence-corrected chi connectivity index (χ2v) is 6.46. The van der Waals surface area contributed by atoms with E-state index in [1.807, 2.05) is 12.1 Å². The van der Waals surface area contributed by atoms with Crippen LogP contribution in [0.15, 0.2) is 42.5 Å². The molecular formula is C19H20ClFN2O. The van der Waals surface area contributed by atoms with Crippen molar-refractivity contribution in [1.29, 1.82) is 0 Å². The van der Waals surface area contributed by atoms with E-state index >= 15 is 0 Å². The van der Waals surface area contributed by atoms with Gasteiger partial charge in [-0.15, -0.1) is 0 Å². The van der Waals surface area contributed by atoms with E-state index in [-0.39, 0.29) is 18.1 Å². The van der Waals surface area contributed by atoms with Crippen LogP contribution in [-0.4, -0.2) is 19.0 Å². The minimum Gasteiger partial charge on any atom is -0.370 e. The number of carbonyl (C=O) groups is 1. The predicted octanol–water partition coefficient (Wildman–Crippen LogP) is 4.65. The Hall–Kier alpha value is -2.07. The summed E-state index contributed by atoms with van der Waals surface area (Å²) in [7, 11) is 0. The van der Waals surface area contributed by atoms with Crippen molar-refractivity contribution < 1.29 is 9.18 Å². The maximum Gasteiger partial charge on any atom is 0.228 e. The lowest BCUT2D eigenvalue weighted by Crippen LogP contribution is -2.30. The van der Waals surface area contributed by atoms with Crippen molar-refractivity contribution in [3.8, 4) is 0 Å². The highest BCUT2D eigenvalue weighted by molar-refractivity contribution is 6.31. The summed E-state index contributed by atoms with van der Waals surface area (Å²) in [6, 6.07) is 11.8. The first-order chi connectivity index (χ1) is 11.6. The summed E-state index contributed by atoms with van der Waals surface area (Å²) in [6.45, 7) is 1.94. The van der Waals surface area contributed by atoms with E-state index < -0.39 is 0 Å². The molecule has 2 aromatic carbocycles. The van der Waals surface area contributed by atoms with Gasteiger partial charge in [0.15, 0.2) is 0 Å². The van der Waals surface area contributed by atoms with Crippen molar-refractivity contribution in [1.82, 2.24) is 0 Å². The van der Waals surface area contributed by atoms with Gasteiger partial charge in [0, 0.05) is 18.1 Å². The molecule has 2 aromatic rings. The smallest absolute Gasteiger partial charge is 0.228 e. The van der Waals surface area contributed by atoms with Crippen LogP contribution in [0.25, 0.3) is 0 Å². The molecule has 1 amide bonds. The third-order valence-corrected chi connectivity index (χ3v) is 4.47. The Morgan fingerprint density at radius 2 is 1.88 bits per heavy atom. The van der Waals surface area contributed by atoms with Crippen molar-refractivity contribution >= 4 is 28.9 Å². The number of benzene rings is 2. The number of amides is 1. The molecule has 1 heterocycles. The Balaban J connectivity index is 1.77. The maximum absolute atomic E-state index is 13.7.